The molecule has 0 radical (unpaired) electrons. The number of aliphatic hydroxyl groups is 2. The summed E-state index contributed by atoms with van der Waals surface area (Å²) in [5.74, 6) is -1.23. The molecule has 5 N–H and O–H groups in total. The zero-order chi connectivity index (χ0) is 32.5. The summed E-state index contributed by atoms with van der Waals surface area (Å²) in [4.78, 5) is 40.4. The van der Waals surface area contributed by atoms with Crippen LogP contribution in [-0.2, 0) is 27.2 Å². The van der Waals surface area contributed by atoms with Crippen molar-refractivity contribution < 1.29 is 29.3 Å². The molecule has 0 unspecified atom stereocenters. The first-order chi connectivity index (χ1) is 21.6. The van der Waals surface area contributed by atoms with Crippen LogP contribution in [0.25, 0.3) is 0 Å². The van der Waals surface area contributed by atoms with Gasteiger partial charge in [-0.15, -0.1) is 0 Å². The summed E-state index contributed by atoms with van der Waals surface area (Å²) in [6.45, 7) is 4.90. The average molecular weight is 614 g/mol. The maximum atomic E-state index is 13.8. The van der Waals surface area contributed by atoms with Crippen LogP contribution in [0.4, 0.5) is 0 Å². The van der Waals surface area contributed by atoms with Gasteiger partial charge in [0.05, 0.1) is 19.3 Å². The van der Waals surface area contributed by atoms with Gasteiger partial charge in [0, 0.05) is 24.5 Å². The first-order valence-corrected chi connectivity index (χ1v) is 15.3. The summed E-state index contributed by atoms with van der Waals surface area (Å²) in [6, 6.07) is 13.9. The molecule has 9 nitrogen and oxygen atoms in total. The SMILES string of the molecule is COc1ccc(C[C@H](NC(=O)[C@H](C)NC(=O)C2=CC3=CCC=CC3=C2C)C(=O)N[C@@H](Cc2ccccc2)[C@@H](O)[C@H](C)CO)cc1. The zero-order valence-electron chi connectivity index (χ0n) is 26.2. The highest BCUT2D eigenvalue weighted by Gasteiger charge is 2.31. The Labute approximate surface area is 264 Å². The molecule has 0 fully saturated rings. The number of amides is 3. The van der Waals surface area contributed by atoms with Crippen molar-refractivity contribution in [2.75, 3.05) is 13.7 Å². The first kappa shape index (κ1) is 33.4. The molecule has 0 aromatic heterocycles. The van der Waals surface area contributed by atoms with Crippen molar-refractivity contribution in [2.45, 2.75) is 64.3 Å². The van der Waals surface area contributed by atoms with E-state index in [1.54, 1.807) is 33.1 Å². The van der Waals surface area contributed by atoms with Gasteiger partial charge in [0.1, 0.15) is 17.8 Å². The number of carbonyl (C=O) groups is 3. The molecule has 2 aliphatic rings. The standard InChI is InChI=1S/C36H43N3O6/c1-22(21-40)33(41)31(18-25-10-6-5-7-11-25)38-36(44)32(19-26-14-16-28(45-4)17-15-26)39-34(42)24(3)37-35(43)30-20-27-12-8-9-13-29(27)23(30)2/h5-7,9-17,20,22,24,31-33,40-41H,8,18-19,21H2,1-4H3,(H,37,43)(H,38,44)(H,39,42)/t22-,24+,31+,32+,33+/m1/s1. The van der Waals surface area contributed by atoms with E-state index in [0.717, 1.165) is 34.3 Å². The van der Waals surface area contributed by atoms with E-state index in [9.17, 15) is 24.6 Å². The van der Waals surface area contributed by atoms with E-state index < -0.39 is 42.0 Å². The van der Waals surface area contributed by atoms with Crippen LogP contribution in [0.5, 0.6) is 5.75 Å². The second kappa shape index (κ2) is 15.5. The van der Waals surface area contributed by atoms with Gasteiger partial charge >= 0.3 is 0 Å². The largest absolute Gasteiger partial charge is 0.497 e. The van der Waals surface area contributed by atoms with Gasteiger partial charge in [0.25, 0.3) is 5.91 Å². The van der Waals surface area contributed by atoms with E-state index in [0.29, 0.717) is 17.7 Å². The lowest BCUT2D eigenvalue weighted by molar-refractivity contribution is -0.131. The Morgan fingerprint density at radius 1 is 0.911 bits per heavy atom. The molecule has 45 heavy (non-hydrogen) atoms. The Morgan fingerprint density at radius 3 is 2.24 bits per heavy atom. The molecule has 2 aliphatic carbocycles. The summed E-state index contributed by atoms with van der Waals surface area (Å²) in [6.07, 6.45) is 8.17. The first-order valence-electron chi connectivity index (χ1n) is 15.3. The van der Waals surface area contributed by atoms with Crippen molar-refractivity contribution in [2.24, 2.45) is 5.92 Å². The van der Waals surface area contributed by atoms with Gasteiger partial charge in [0.15, 0.2) is 0 Å². The van der Waals surface area contributed by atoms with Crippen molar-refractivity contribution >= 4 is 17.7 Å². The van der Waals surface area contributed by atoms with Gasteiger partial charge in [-0.3, -0.25) is 14.4 Å². The van der Waals surface area contributed by atoms with Crippen LogP contribution in [0, 0.1) is 5.92 Å². The molecule has 0 spiro atoms. The monoisotopic (exact) mass is 613 g/mol. The molecule has 9 heteroatoms. The molecule has 238 valence electrons. The van der Waals surface area contributed by atoms with Crippen LogP contribution in [0.2, 0.25) is 0 Å². The minimum absolute atomic E-state index is 0.156. The lowest BCUT2D eigenvalue weighted by Gasteiger charge is -2.30. The fraction of sp³-hybridized carbons (Fsp3) is 0.361. The summed E-state index contributed by atoms with van der Waals surface area (Å²) >= 11 is 0. The van der Waals surface area contributed by atoms with E-state index in [-0.39, 0.29) is 18.9 Å². The molecule has 0 aliphatic heterocycles. The Morgan fingerprint density at radius 2 is 1.60 bits per heavy atom. The Hall–Kier alpha value is -4.47. The minimum Gasteiger partial charge on any atom is -0.497 e. The van der Waals surface area contributed by atoms with Gasteiger partial charge in [0.2, 0.25) is 11.8 Å². The number of hydrogen-bond donors (Lipinski definition) is 5. The third-order valence-electron chi connectivity index (χ3n) is 8.30. The molecule has 0 heterocycles. The number of rotatable bonds is 14. The fourth-order valence-corrected chi connectivity index (χ4v) is 5.47. The van der Waals surface area contributed by atoms with Crippen LogP contribution in [0.1, 0.15) is 38.3 Å². The van der Waals surface area contributed by atoms with Crippen molar-refractivity contribution in [1.29, 1.82) is 0 Å². The van der Waals surface area contributed by atoms with Gasteiger partial charge in [-0.05, 0) is 72.7 Å². The number of fused-ring (bicyclic) bond motifs is 1. The van der Waals surface area contributed by atoms with Gasteiger partial charge in [-0.1, -0.05) is 67.6 Å². The molecular formula is C36H43N3O6. The normalized spacial score (nSPS) is 17.2. The van der Waals surface area contributed by atoms with Crippen LogP contribution < -0.4 is 20.7 Å². The summed E-state index contributed by atoms with van der Waals surface area (Å²) in [5.41, 5.74) is 5.03. The zero-order valence-corrected chi connectivity index (χ0v) is 26.2. The summed E-state index contributed by atoms with van der Waals surface area (Å²) in [7, 11) is 1.56. The number of carbonyl (C=O) groups excluding carboxylic acids is 3. The Balaban J connectivity index is 1.51. The number of allylic oxidation sites excluding steroid dienone is 6. The third kappa shape index (κ3) is 8.59. The molecule has 4 rings (SSSR count). The van der Waals surface area contributed by atoms with E-state index in [2.05, 4.69) is 22.0 Å². The number of nitrogens with one attached hydrogen (secondary N) is 3. The molecule has 2 aromatic carbocycles. The molecule has 2 aromatic rings. The number of methoxy groups -OCH3 is 1. The third-order valence-corrected chi connectivity index (χ3v) is 8.30. The van der Waals surface area contributed by atoms with E-state index in [1.807, 2.05) is 67.6 Å². The maximum absolute atomic E-state index is 13.8. The molecule has 5 atom stereocenters. The lowest BCUT2D eigenvalue weighted by atomic mass is 9.92. The second-order valence-corrected chi connectivity index (χ2v) is 11.7. The maximum Gasteiger partial charge on any atom is 0.252 e. The number of benzene rings is 2. The van der Waals surface area contributed by atoms with E-state index >= 15 is 0 Å². The minimum atomic E-state index is -1.04. The Kier molecular flexibility index (Phi) is 11.5. The quantitative estimate of drug-likeness (QED) is 0.222. The van der Waals surface area contributed by atoms with Gasteiger partial charge in [-0.2, -0.15) is 0 Å². The fourth-order valence-electron chi connectivity index (χ4n) is 5.47. The van der Waals surface area contributed by atoms with Crippen LogP contribution in [0.15, 0.2) is 101 Å². The van der Waals surface area contributed by atoms with Crippen molar-refractivity contribution in [3.05, 3.63) is 112 Å². The molecule has 0 bridgehead atoms. The highest BCUT2D eigenvalue weighted by atomic mass is 16.5. The van der Waals surface area contributed by atoms with E-state index in [4.69, 9.17) is 4.74 Å². The lowest BCUT2D eigenvalue weighted by Crippen LogP contribution is -2.57. The summed E-state index contributed by atoms with van der Waals surface area (Å²) in [5, 5.41) is 29.3. The molecule has 3 amide bonds. The predicted molar refractivity (Wildman–Crippen MR) is 173 cm³/mol. The van der Waals surface area contributed by atoms with Crippen LogP contribution in [0.3, 0.4) is 0 Å². The molecule has 0 saturated carbocycles. The van der Waals surface area contributed by atoms with E-state index in [1.165, 1.54) is 0 Å². The smallest absolute Gasteiger partial charge is 0.252 e. The van der Waals surface area contributed by atoms with Crippen molar-refractivity contribution in [1.82, 2.24) is 16.0 Å². The summed E-state index contributed by atoms with van der Waals surface area (Å²) < 4.78 is 5.25. The highest BCUT2D eigenvalue weighted by molar-refractivity contribution is 6.03. The number of ether oxygens (including phenoxy) is 1. The van der Waals surface area contributed by atoms with Crippen molar-refractivity contribution in [3.8, 4) is 5.75 Å². The predicted octanol–water partition coefficient (Wildman–Crippen LogP) is 3.09. The molecule has 0 saturated heterocycles. The van der Waals surface area contributed by atoms with Crippen molar-refractivity contribution in [3.63, 3.8) is 0 Å². The Bertz CT molecular complexity index is 1490. The van der Waals surface area contributed by atoms with Crippen LogP contribution in [-0.4, -0.2) is 65.9 Å². The number of aliphatic hydroxyl groups excluding tert-OH is 2. The van der Waals surface area contributed by atoms with Gasteiger partial charge < -0.3 is 30.9 Å². The number of hydrogen-bond acceptors (Lipinski definition) is 6. The highest BCUT2D eigenvalue weighted by Crippen LogP contribution is 2.34. The van der Waals surface area contributed by atoms with Crippen LogP contribution >= 0.6 is 0 Å². The topological polar surface area (TPSA) is 137 Å². The van der Waals surface area contributed by atoms with Gasteiger partial charge in [-0.25, -0.2) is 0 Å². The molecular weight excluding hydrogens is 570 g/mol. The second-order valence-electron chi connectivity index (χ2n) is 11.7. The average Bonchev–Trinajstić information content (AvgIpc) is 3.40.